The number of rotatable bonds is 6. The van der Waals surface area contributed by atoms with Crippen LogP contribution in [0.5, 0.6) is 0 Å². The number of nitrogens with one attached hydrogen (secondary N) is 3. The van der Waals surface area contributed by atoms with Crippen molar-refractivity contribution < 1.29 is 9.59 Å². The zero-order chi connectivity index (χ0) is 29.6. The average molecular weight is 606 g/mol. The molecule has 0 bridgehead atoms. The van der Waals surface area contributed by atoms with Crippen LogP contribution >= 0.6 is 23.2 Å². The Morgan fingerprint density at radius 2 is 1.67 bits per heavy atom. The third-order valence-corrected chi connectivity index (χ3v) is 8.13. The smallest absolute Gasteiger partial charge is 0.300 e. The molecule has 3 aromatic rings. The topological polar surface area (TPSA) is 99.3 Å². The first-order chi connectivity index (χ1) is 20.3. The standard InChI is InChI=1S/C32H34Cl2N6O2/c1-40(2)30-24-10-6-7-11-27(24)37-32(39-30)36-23-15-13-22(14-16-23)35-31(42)25-18-21(33)19-26(34)29(25)38-28(41)17-12-20-8-4-3-5-9-20/h3-5,8-9,18-19,22-23H,6-7,10-11,13-16H2,1-2H3,(H,35,42)(H,38,41)(H,36,37,39). The first-order valence-corrected chi connectivity index (χ1v) is 15.0. The highest BCUT2D eigenvalue weighted by molar-refractivity contribution is 6.38. The van der Waals surface area contributed by atoms with E-state index < -0.39 is 5.91 Å². The third-order valence-electron chi connectivity index (χ3n) is 7.61. The fraction of sp³-hybridized carbons (Fsp3) is 0.375. The summed E-state index contributed by atoms with van der Waals surface area (Å²) < 4.78 is 0. The molecule has 2 aromatic carbocycles. The van der Waals surface area contributed by atoms with E-state index in [-0.39, 0.29) is 34.3 Å². The molecule has 0 unspecified atom stereocenters. The van der Waals surface area contributed by atoms with Gasteiger partial charge in [-0.15, -0.1) is 0 Å². The van der Waals surface area contributed by atoms with Crippen LogP contribution in [0.2, 0.25) is 10.0 Å². The number of hydrogen-bond donors (Lipinski definition) is 3. The maximum atomic E-state index is 13.4. The van der Waals surface area contributed by atoms with Gasteiger partial charge < -0.3 is 20.9 Å². The molecule has 10 heteroatoms. The minimum absolute atomic E-state index is 0.0310. The van der Waals surface area contributed by atoms with Gasteiger partial charge in [0.1, 0.15) is 5.82 Å². The van der Waals surface area contributed by atoms with E-state index in [9.17, 15) is 9.59 Å². The maximum Gasteiger partial charge on any atom is 0.300 e. The second-order valence-corrected chi connectivity index (χ2v) is 11.8. The van der Waals surface area contributed by atoms with Crippen molar-refractivity contribution in [2.75, 3.05) is 29.6 Å². The number of amides is 2. The van der Waals surface area contributed by atoms with E-state index in [0.717, 1.165) is 56.5 Å². The Hall–Kier alpha value is -3.80. The summed E-state index contributed by atoms with van der Waals surface area (Å²) in [5.41, 5.74) is 3.50. The first kappa shape index (κ1) is 29.7. The maximum absolute atomic E-state index is 13.4. The normalized spacial score (nSPS) is 17.7. The van der Waals surface area contributed by atoms with Crippen LogP contribution in [-0.4, -0.2) is 48.0 Å². The molecule has 8 nitrogen and oxygen atoms in total. The monoisotopic (exact) mass is 604 g/mol. The lowest BCUT2D eigenvalue weighted by Gasteiger charge is -2.30. The van der Waals surface area contributed by atoms with E-state index in [1.54, 1.807) is 12.1 Å². The lowest BCUT2D eigenvalue weighted by Crippen LogP contribution is -2.40. The van der Waals surface area contributed by atoms with Gasteiger partial charge in [-0.25, -0.2) is 4.98 Å². The summed E-state index contributed by atoms with van der Waals surface area (Å²) in [6.07, 6.45) is 7.64. The van der Waals surface area contributed by atoms with Gasteiger partial charge in [-0.3, -0.25) is 9.59 Å². The van der Waals surface area contributed by atoms with E-state index in [1.807, 2.05) is 32.3 Å². The summed E-state index contributed by atoms with van der Waals surface area (Å²) in [6.45, 7) is 0. The molecule has 2 aliphatic carbocycles. The predicted octanol–water partition coefficient (Wildman–Crippen LogP) is 5.87. The van der Waals surface area contributed by atoms with Crippen molar-refractivity contribution in [3.05, 3.63) is 74.9 Å². The van der Waals surface area contributed by atoms with Crippen LogP contribution in [0.1, 0.15) is 65.7 Å². The molecule has 3 N–H and O–H groups in total. The largest absolute Gasteiger partial charge is 0.362 e. The fourth-order valence-corrected chi connectivity index (χ4v) is 6.05. The van der Waals surface area contributed by atoms with Crippen LogP contribution in [0.25, 0.3) is 0 Å². The van der Waals surface area contributed by atoms with Crippen LogP contribution in [0, 0.1) is 11.8 Å². The van der Waals surface area contributed by atoms with Gasteiger partial charge in [0, 0.05) is 48.2 Å². The molecule has 1 heterocycles. The molecule has 2 amide bonds. The van der Waals surface area contributed by atoms with E-state index in [1.165, 1.54) is 24.1 Å². The third kappa shape index (κ3) is 7.33. The second-order valence-electron chi connectivity index (χ2n) is 10.9. The van der Waals surface area contributed by atoms with Crippen LogP contribution in [0.3, 0.4) is 0 Å². The number of carbonyl (C=O) groups excluding carboxylic acids is 2. The number of fused-ring (bicyclic) bond motifs is 1. The molecule has 0 spiro atoms. The van der Waals surface area contributed by atoms with Crippen molar-refractivity contribution in [1.82, 2.24) is 15.3 Å². The highest BCUT2D eigenvalue weighted by Crippen LogP contribution is 2.32. The Balaban J connectivity index is 1.21. The molecule has 0 radical (unpaired) electrons. The summed E-state index contributed by atoms with van der Waals surface area (Å²) in [5.74, 6) is 6.10. The predicted molar refractivity (Wildman–Crippen MR) is 169 cm³/mol. The minimum Gasteiger partial charge on any atom is -0.362 e. The Bertz CT molecular complexity index is 1530. The molecule has 1 aromatic heterocycles. The molecule has 0 aliphatic heterocycles. The lowest BCUT2D eigenvalue weighted by atomic mass is 9.91. The number of benzene rings is 2. The number of halogens is 2. The Labute approximate surface area is 256 Å². The summed E-state index contributed by atoms with van der Waals surface area (Å²) >= 11 is 12.6. The highest BCUT2D eigenvalue weighted by atomic mass is 35.5. The highest BCUT2D eigenvalue weighted by Gasteiger charge is 2.26. The molecule has 218 valence electrons. The van der Waals surface area contributed by atoms with Crippen LogP contribution in [-0.2, 0) is 17.6 Å². The molecule has 0 atom stereocenters. The van der Waals surface area contributed by atoms with E-state index in [2.05, 4.69) is 32.7 Å². The van der Waals surface area contributed by atoms with Crippen LogP contribution in [0.4, 0.5) is 17.5 Å². The molecule has 2 aliphatic rings. The van der Waals surface area contributed by atoms with E-state index in [4.69, 9.17) is 33.2 Å². The Kier molecular flexibility index (Phi) is 9.51. The molecule has 1 saturated carbocycles. The van der Waals surface area contributed by atoms with E-state index in [0.29, 0.717) is 16.5 Å². The van der Waals surface area contributed by atoms with Crippen molar-refractivity contribution in [3.63, 3.8) is 0 Å². The minimum atomic E-state index is -0.578. The van der Waals surface area contributed by atoms with Crippen LogP contribution < -0.4 is 20.9 Å². The SMILES string of the molecule is CN(C)c1nc(NC2CCC(NC(=O)c3cc(Cl)cc(Cl)c3NC(=O)C#Cc3ccccc3)CC2)nc2c1CCCC2. The second kappa shape index (κ2) is 13.5. The van der Waals surface area contributed by atoms with Crippen molar-refractivity contribution >= 4 is 52.5 Å². The molecular weight excluding hydrogens is 571 g/mol. The zero-order valence-electron chi connectivity index (χ0n) is 23.8. The number of hydrogen-bond acceptors (Lipinski definition) is 6. The molecule has 1 fully saturated rings. The van der Waals surface area contributed by atoms with Crippen molar-refractivity contribution in [2.45, 2.75) is 63.5 Å². The molecule has 0 saturated heterocycles. The lowest BCUT2D eigenvalue weighted by molar-refractivity contribution is -0.111. The van der Waals surface area contributed by atoms with Crippen molar-refractivity contribution in [3.8, 4) is 11.8 Å². The summed E-state index contributed by atoms with van der Waals surface area (Å²) in [4.78, 5) is 37.7. The zero-order valence-corrected chi connectivity index (χ0v) is 25.3. The van der Waals surface area contributed by atoms with Gasteiger partial charge in [-0.2, -0.15) is 4.98 Å². The van der Waals surface area contributed by atoms with Crippen LogP contribution in [0.15, 0.2) is 42.5 Å². The number of carbonyl (C=O) groups is 2. The molecule has 5 rings (SSSR count). The summed E-state index contributed by atoms with van der Waals surface area (Å²) in [5, 5.41) is 9.78. The quantitative estimate of drug-likeness (QED) is 0.304. The van der Waals surface area contributed by atoms with Gasteiger partial charge in [0.2, 0.25) is 5.95 Å². The van der Waals surface area contributed by atoms with Gasteiger partial charge in [0.15, 0.2) is 0 Å². The van der Waals surface area contributed by atoms with E-state index >= 15 is 0 Å². The average Bonchev–Trinajstić information content (AvgIpc) is 2.98. The van der Waals surface area contributed by atoms with Gasteiger partial charge >= 0.3 is 5.91 Å². The molecule has 42 heavy (non-hydrogen) atoms. The van der Waals surface area contributed by atoms with Gasteiger partial charge in [-0.1, -0.05) is 47.3 Å². The van der Waals surface area contributed by atoms with Gasteiger partial charge in [-0.05, 0) is 75.6 Å². The summed E-state index contributed by atoms with van der Waals surface area (Å²) in [7, 11) is 4.05. The van der Waals surface area contributed by atoms with Gasteiger partial charge in [0.25, 0.3) is 5.91 Å². The summed E-state index contributed by atoms with van der Waals surface area (Å²) in [6, 6.07) is 12.3. The van der Waals surface area contributed by atoms with Gasteiger partial charge in [0.05, 0.1) is 22.0 Å². The Morgan fingerprint density at radius 3 is 2.40 bits per heavy atom. The first-order valence-electron chi connectivity index (χ1n) is 14.3. The number of nitrogens with zero attached hydrogens (tertiary/aromatic N) is 3. The number of aromatic nitrogens is 2. The number of anilines is 3. The molecular formula is C32H34Cl2N6O2. The van der Waals surface area contributed by atoms with Crippen molar-refractivity contribution in [1.29, 1.82) is 0 Å². The fourth-order valence-electron chi connectivity index (χ4n) is 5.51. The Morgan fingerprint density at radius 1 is 0.952 bits per heavy atom. The van der Waals surface area contributed by atoms with Crippen molar-refractivity contribution in [2.24, 2.45) is 0 Å². The number of aryl methyl sites for hydroxylation is 1.